The maximum absolute atomic E-state index is 14.3. The first kappa shape index (κ1) is 19.1. The molecule has 1 aromatic carbocycles. The van der Waals surface area contributed by atoms with Crippen molar-refractivity contribution in [3.63, 3.8) is 0 Å². The number of nitrogens with one attached hydrogen (secondary N) is 2. The number of hydrogen-bond donors (Lipinski definition) is 2. The number of nitrogens with zero attached hydrogens (tertiary/aromatic N) is 2. The van der Waals surface area contributed by atoms with Crippen LogP contribution in [0.1, 0.15) is 23.2 Å². The second-order valence-corrected chi connectivity index (χ2v) is 7.90. The van der Waals surface area contributed by atoms with Crippen molar-refractivity contribution in [3.8, 4) is 0 Å². The number of alkyl halides is 2. The number of carbonyl (C=O) groups excluding carboxylic acids is 3. The van der Waals surface area contributed by atoms with Gasteiger partial charge in [-0.05, 0) is 31.2 Å². The van der Waals surface area contributed by atoms with Gasteiger partial charge in [0.15, 0.2) is 0 Å². The molecule has 0 unspecified atom stereocenters. The van der Waals surface area contributed by atoms with E-state index in [0.29, 0.717) is 18.7 Å². The predicted molar refractivity (Wildman–Crippen MR) is 97.7 cm³/mol. The normalized spacial score (nSPS) is 23.4. The van der Waals surface area contributed by atoms with Gasteiger partial charge in [-0.3, -0.25) is 19.8 Å². The topological polar surface area (TPSA) is 81.8 Å². The summed E-state index contributed by atoms with van der Waals surface area (Å²) in [6.45, 7) is 0.275. The molecule has 0 radical (unpaired) electrons. The van der Waals surface area contributed by atoms with Crippen LogP contribution in [0, 0.1) is 5.41 Å². The Hall–Kier alpha value is -2.26. The van der Waals surface area contributed by atoms with Gasteiger partial charge in [-0.15, -0.1) is 0 Å². The molecule has 1 spiro atoms. The monoisotopic (exact) mass is 412 g/mol. The zero-order valence-electron chi connectivity index (χ0n) is 14.9. The molecule has 3 heterocycles. The Kier molecular flexibility index (Phi) is 4.54. The fraction of sp³-hybridized carbons (Fsp3) is 0.500. The summed E-state index contributed by atoms with van der Waals surface area (Å²) in [5, 5.41) is 5.15. The van der Waals surface area contributed by atoms with Crippen LogP contribution in [0.15, 0.2) is 18.2 Å². The van der Waals surface area contributed by atoms with Gasteiger partial charge < -0.3 is 10.2 Å². The Labute approximate surface area is 165 Å². The van der Waals surface area contributed by atoms with Gasteiger partial charge in [0.2, 0.25) is 5.91 Å². The Morgan fingerprint density at radius 3 is 2.64 bits per heavy atom. The number of amides is 4. The molecule has 4 amide bonds. The van der Waals surface area contributed by atoms with E-state index in [4.69, 9.17) is 11.6 Å². The summed E-state index contributed by atoms with van der Waals surface area (Å²) >= 11 is 6.18. The molecule has 3 fully saturated rings. The van der Waals surface area contributed by atoms with Crippen LogP contribution in [0.4, 0.5) is 19.3 Å². The van der Waals surface area contributed by atoms with E-state index in [0.717, 1.165) is 0 Å². The summed E-state index contributed by atoms with van der Waals surface area (Å²) in [6.07, 6.45) is 0.440. The molecule has 1 aromatic rings. The lowest BCUT2D eigenvalue weighted by Crippen LogP contribution is -2.70. The van der Waals surface area contributed by atoms with Gasteiger partial charge in [0.05, 0.1) is 22.7 Å². The third kappa shape index (κ3) is 3.02. The van der Waals surface area contributed by atoms with Crippen molar-refractivity contribution >= 4 is 35.1 Å². The van der Waals surface area contributed by atoms with E-state index in [9.17, 15) is 23.2 Å². The van der Waals surface area contributed by atoms with E-state index in [1.807, 2.05) is 0 Å². The minimum Gasteiger partial charge on any atom is -0.337 e. The first-order chi connectivity index (χ1) is 13.2. The average Bonchev–Trinajstić information content (AvgIpc) is 2.60. The molecule has 0 saturated carbocycles. The molecule has 0 atom stereocenters. The Morgan fingerprint density at radius 2 is 1.96 bits per heavy atom. The number of piperidine rings is 1. The molecule has 150 valence electrons. The SMILES string of the molecule is O=C1CCN(c2cc(C(=O)N3CC4(CCNCC4(F)F)C3)ccc2Cl)C(=O)N1. The van der Waals surface area contributed by atoms with Crippen molar-refractivity contribution < 1.29 is 23.2 Å². The molecule has 10 heteroatoms. The number of halogens is 3. The van der Waals surface area contributed by atoms with Crippen LogP contribution in [0.25, 0.3) is 0 Å². The smallest absolute Gasteiger partial charge is 0.328 e. The van der Waals surface area contributed by atoms with Crippen molar-refractivity contribution in [1.82, 2.24) is 15.5 Å². The number of benzene rings is 1. The number of carbonyl (C=O) groups is 3. The number of urea groups is 1. The summed E-state index contributed by atoms with van der Waals surface area (Å²) < 4.78 is 28.6. The Bertz CT molecular complexity index is 857. The Balaban J connectivity index is 1.52. The highest BCUT2D eigenvalue weighted by Crippen LogP contribution is 2.48. The van der Waals surface area contributed by atoms with Crippen LogP contribution in [0.2, 0.25) is 5.02 Å². The quantitative estimate of drug-likeness (QED) is 0.777. The summed E-state index contributed by atoms with van der Waals surface area (Å²) in [5.74, 6) is -3.62. The molecule has 2 N–H and O–H groups in total. The third-order valence-electron chi connectivity index (χ3n) is 5.72. The van der Waals surface area contributed by atoms with Gasteiger partial charge >= 0.3 is 6.03 Å². The van der Waals surface area contributed by atoms with Gasteiger partial charge in [0.1, 0.15) is 0 Å². The second kappa shape index (κ2) is 6.66. The molecule has 0 bridgehead atoms. The minimum atomic E-state index is -2.86. The molecule has 3 saturated heterocycles. The molecular formula is C18H19ClF2N4O3. The van der Waals surface area contributed by atoms with Crippen LogP contribution in [-0.4, -0.2) is 61.4 Å². The number of likely N-dealkylation sites (tertiary alicyclic amines) is 1. The van der Waals surface area contributed by atoms with Gasteiger partial charge in [-0.1, -0.05) is 11.6 Å². The summed E-state index contributed by atoms with van der Waals surface area (Å²) in [4.78, 5) is 38.9. The van der Waals surface area contributed by atoms with Crippen LogP contribution in [-0.2, 0) is 4.79 Å². The van der Waals surface area contributed by atoms with E-state index in [2.05, 4.69) is 10.6 Å². The summed E-state index contributed by atoms with van der Waals surface area (Å²) in [6, 6.07) is 3.85. The maximum Gasteiger partial charge on any atom is 0.328 e. The van der Waals surface area contributed by atoms with Gasteiger partial charge in [-0.25, -0.2) is 13.6 Å². The lowest BCUT2D eigenvalue weighted by molar-refractivity contribution is -0.192. The lowest BCUT2D eigenvalue weighted by Gasteiger charge is -2.55. The standard InChI is InChI=1S/C18H19ClF2N4O3/c19-12-2-1-11(7-13(12)25-6-3-14(26)23-16(25)28)15(27)24-9-17(10-24)4-5-22-8-18(17,20)21/h1-2,7,22H,3-6,8-10H2,(H,23,26,28). The summed E-state index contributed by atoms with van der Waals surface area (Å²) in [5.41, 5.74) is -0.604. The molecular weight excluding hydrogens is 394 g/mol. The highest BCUT2D eigenvalue weighted by atomic mass is 35.5. The van der Waals surface area contributed by atoms with Gasteiger partial charge in [0.25, 0.3) is 11.8 Å². The highest BCUT2D eigenvalue weighted by molar-refractivity contribution is 6.34. The average molecular weight is 413 g/mol. The van der Waals surface area contributed by atoms with Crippen molar-refractivity contribution in [1.29, 1.82) is 0 Å². The van der Waals surface area contributed by atoms with Crippen LogP contribution in [0.5, 0.6) is 0 Å². The number of imide groups is 1. The largest absolute Gasteiger partial charge is 0.337 e. The zero-order valence-corrected chi connectivity index (χ0v) is 15.7. The van der Waals surface area contributed by atoms with Crippen LogP contribution < -0.4 is 15.5 Å². The molecule has 3 aliphatic rings. The van der Waals surface area contributed by atoms with E-state index < -0.39 is 17.4 Å². The van der Waals surface area contributed by atoms with Gasteiger partial charge in [0, 0.05) is 31.6 Å². The minimum absolute atomic E-state index is 0.00280. The van der Waals surface area contributed by atoms with Crippen molar-refractivity contribution in [2.75, 3.05) is 37.6 Å². The molecule has 7 nitrogen and oxygen atoms in total. The molecule has 0 aromatic heterocycles. The number of anilines is 1. The van der Waals surface area contributed by atoms with Crippen molar-refractivity contribution in [3.05, 3.63) is 28.8 Å². The number of hydrogen-bond acceptors (Lipinski definition) is 4. The van der Waals surface area contributed by atoms with Crippen molar-refractivity contribution in [2.45, 2.75) is 18.8 Å². The molecule has 0 aliphatic carbocycles. The lowest BCUT2D eigenvalue weighted by atomic mass is 9.69. The second-order valence-electron chi connectivity index (χ2n) is 7.49. The first-order valence-electron chi connectivity index (χ1n) is 9.01. The van der Waals surface area contributed by atoms with E-state index in [1.165, 1.54) is 28.0 Å². The Morgan fingerprint density at radius 1 is 1.21 bits per heavy atom. The van der Waals surface area contributed by atoms with E-state index in [1.54, 1.807) is 0 Å². The maximum atomic E-state index is 14.3. The van der Waals surface area contributed by atoms with Crippen LogP contribution >= 0.6 is 11.6 Å². The molecule has 28 heavy (non-hydrogen) atoms. The van der Waals surface area contributed by atoms with Crippen molar-refractivity contribution in [2.24, 2.45) is 5.41 Å². The number of rotatable bonds is 2. The zero-order chi connectivity index (χ0) is 20.1. The third-order valence-corrected chi connectivity index (χ3v) is 6.03. The van der Waals surface area contributed by atoms with Crippen LogP contribution in [0.3, 0.4) is 0 Å². The highest BCUT2D eigenvalue weighted by Gasteiger charge is 2.62. The first-order valence-corrected chi connectivity index (χ1v) is 9.39. The fourth-order valence-electron chi connectivity index (χ4n) is 3.99. The van der Waals surface area contributed by atoms with E-state index in [-0.39, 0.29) is 55.0 Å². The fourth-order valence-corrected chi connectivity index (χ4v) is 4.21. The van der Waals surface area contributed by atoms with Gasteiger partial charge in [-0.2, -0.15) is 0 Å². The molecule has 3 aliphatic heterocycles. The summed E-state index contributed by atoms with van der Waals surface area (Å²) in [7, 11) is 0. The predicted octanol–water partition coefficient (Wildman–Crippen LogP) is 1.86. The van der Waals surface area contributed by atoms with E-state index >= 15 is 0 Å². The molecule has 4 rings (SSSR count).